The number of nitro groups is 1. The third kappa shape index (κ3) is 3.66. The molecule has 0 radical (unpaired) electrons. The van der Waals surface area contributed by atoms with Gasteiger partial charge in [-0.1, -0.05) is 0 Å². The summed E-state index contributed by atoms with van der Waals surface area (Å²) in [6.07, 6.45) is 3.47. The molecule has 26 heavy (non-hydrogen) atoms. The van der Waals surface area contributed by atoms with Crippen molar-refractivity contribution < 1.29 is 9.72 Å². The molecule has 9 nitrogen and oxygen atoms in total. The van der Waals surface area contributed by atoms with Crippen LogP contribution >= 0.6 is 0 Å². The van der Waals surface area contributed by atoms with E-state index in [1.165, 1.54) is 22.9 Å². The van der Waals surface area contributed by atoms with Crippen molar-refractivity contribution in [3.8, 4) is 0 Å². The van der Waals surface area contributed by atoms with Crippen LogP contribution in [0, 0.1) is 17.0 Å². The molecular weight excluding hydrogens is 338 g/mol. The standard InChI is InChI=1S/C17H21N5O4/c1-12-11-13(6-7-14(12)22(25)26)16(23)18-8-4-10-21-17(24)20-9-3-2-5-15(20)19-21/h6-7,11H,2-5,8-10H2,1H3,(H,18,23). The fraction of sp³-hybridized carbons (Fsp3) is 0.471. The second-order valence-corrected chi connectivity index (χ2v) is 6.40. The maximum Gasteiger partial charge on any atom is 0.345 e. The van der Waals surface area contributed by atoms with Crippen molar-refractivity contribution in [3.05, 3.63) is 55.7 Å². The van der Waals surface area contributed by atoms with Gasteiger partial charge in [0, 0.05) is 43.2 Å². The third-order valence-electron chi connectivity index (χ3n) is 4.52. The number of aryl methyl sites for hydroxylation is 3. The van der Waals surface area contributed by atoms with E-state index in [4.69, 9.17) is 0 Å². The van der Waals surface area contributed by atoms with Gasteiger partial charge < -0.3 is 5.32 Å². The highest BCUT2D eigenvalue weighted by atomic mass is 16.6. The molecule has 1 aliphatic heterocycles. The first-order valence-electron chi connectivity index (χ1n) is 8.67. The first kappa shape index (κ1) is 17.8. The van der Waals surface area contributed by atoms with Gasteiger partial charge in [0.2, 0.25) is 0 Å². The SMILES string of the molecule is Cc1cc(C(=O)NCCCn2nc3n(c2=O)CCCC3)ccc1[N+](=O)[O-]. The number of nitro benzene ring substituents is 1. The zero-order chi connectivity index (χ0) is 18.7. The molecule has 138 valence electrons. The van der Waals surface area contributed by atoms with Crippen LogP contribution in [0.1, 0.15) is 41.0 Å². The molecule has 0 fully saturated rings. The van der Waals surface area contributed by atoms with Crippen molar-refractivity contribution in [2.75, 3.05) is 6.54 Å². The van der Waals surface area contributed by atoms with Gasteiger partial charge in [-0.3, -0.25) is 19.5 Å². The van der Waals surface area contributed by atoms with E-state index in [0.29, 0.717) is 30.6 Å². The van der Waals surface area contributed by atoms with E-state index in [-0.39, 0.29) is 17.3 Å². The van der Waals surface area contributed by atoms with E-state index in [1.54, 1.807) is 11.5 Å². The molecular formula is C17H21N5O4. The monoisotopic (exact) mass is 359 g/mol. The van der Waals surface area contributed by atoms with Crippen LogP contribution in [0.5, 0.6) is 0 Å². The normalized spacial score (nSPS) is 13.3. The zero-order valence-electron chi connectivity index (χ0n) is 14.6. The Morgan fingerprint density at radius 1 is 1.38 bits per heavy atom. The summed E-state index contributed by atoms with van der Waals surface area (Å²) in [6, 6.07) is 4.27. The summed E-state index contributed by atoms with van der Waals surface area (Å²) in [6.45, 7) is 3.16. The van der Waals surface area contributed by atoms with Crippen LogP contribution in [0.15, 0.2) is 23.0 Å². The van der Waals surface area contributed by atoms with Crippen molar-refractivity contribution >= 4 is 11.6 Å². The van der Waals surface area contributed by atoms with Crippen LogP contribution < -0.4 is 11.0 Å². The molecule has 2 aromatic rings. The van der Waals surface area contributed by atoms with Crippen LogP contribution in [-0.4, -0.2) is 31.7 Å². The van der Waals surface area contributed by atoms with Crippen molar-refractivity contribution in [1.29, 1.82) is 0 Å². The number of hydrogen-bond acceptors (Lipinski definition) is 5. The number of fused-ring (bicyclic) bond motifs is 1. The van der Waals surface area contributed by atoms with E-state index in [2.05, 4.69) is 10.4 Å². The van der Waals surface area contributed by atoms with Gasteiger partial charge in [0.05, 0.1) is 4.92 Å². The summed E-state index contributed by atoms with van der Waals surface area (Å²) in [7, 11) is 0. The lowest BCUT2D eigenvalue weighted by molar-refractivity contribution is -0.385. The smallest absolute Gasteiger partial charge is 0.345 e. The average molecular weight is 359 g/mol. The summed E-state index contributed by atoms with van der Waals surface area (Å²) >= 11 is 0. The molecule has 3 rings (SSSR count). The van der Waals surface area contributed by atoms with Crippen LogP contribution in [0.2, 0.25) is 0 Å². The van der Waals surface area contributed by atoms with Gasteiger partial charge in [0.15, 0.2) is 0 Å². The molecule has 9 heteroatoms. The number of carbonyl (C=O) groups excluding carboxylic acids is 1. The number of nitrogens with zero attached hydrogens (tertiary/aromatic N) is 4. The predicted octanol–water partition coefficient (Wildman–Crippen LogP) is 1.42. The minimum atomic E-state index is -0.473. The van der Waals surface area contributed by atoms with Crippen LogP contribution in [0.4, 0.5) is 5.69 Å². The number of nitrogens with one attached hydrogen (secondary N) is 1. The highest BCUT2D eigenvalue weighted by Gasteiger charge is 2.16. The summed E-state index contributed by atoms with van der Waals surface area (Å²) in [5.74, 6) is 0.547. The van der Waals surface area contributed by atoms with Crippen LogP contribution in [-0.2, 0) is 19.5 Å². The first-order chi connectivity index (χ1) is 12.5. The molecule has 0 bridgehead atoms. The van der Waals surface area contributed by atoms with Crippen LogP contribution in [0.25, 0.3) is 0 Å². The molecule has 1 aromatic carbocycles. The first-order valence-corrected chi connectivity index (χ1v) is 8.67. The van der Waals surface area contributed by atoms with Gasteiger partial charge in [-0.05, 0) is 38.3 Å². The Balaban J connectivity index is 1.53. The Labute approximate surface area is 149 Å². The Morgan fingerprint density at radius 2 is 2.19 bits per heavy atom. The largest absolute Gasteiger partial charge is 0.352 e. The number of amides is 1. The molecule has 0 unspecified atom stereocenters. The van der Waals surface area contributed by atoms with Crippen molar-refractivity contribution in [3.63, 3.8) is 0 Å². The van der Waals surface area contributed by atoms with Crippen molar-refractivity contribution in [2.24, 2.45) is 0 Å². The molecule has 0 aliphatic carbocycles. The lowest BCUT2D eigenvalue weighted by Crippen LogP contribution is -2.29. The van der Waals surface area contributed by atoms with Crippen LogP contribution in [0.3, 0.4) is 0 Å². The predicted molar refractivity (Wildman–Crippen MR) is 94.2 cm³/mol. The Bertz CT molecular complexity index is 899. The number of carbonyl (C=O) groups is 1. The van der Waals surface area contributed by atoms with Crippen molar-refractivity contribution in [2.45, 2.75) is 45.7 Å². The Morgan fingerprint density at radius 3 is 2.88 bits per heavy atom. The molecule has 0 saturated carbocycles. The van der Waals surface area contributed by atoms with E-state index in [1.807, 2.05) is 0 Å². The summed E-state index contributed by atoms with van der Waals surface area (Å²) in [5, 5.41) is 17.9. The van der Waals surface area contributed by atoms with E-state index in [9.17, 15) is 19.7 Å². The molecule has 0 saturated heterocycles. The maximum absolute atomic E-state index is 12.2. The van der Waals surface area contributed by atoms with Gasteiger partial charge in [-0.25, -0.2) is 9.48 Å². The number of aromatic nitrogens is 3. The molecule has 0 spiro atoms. The molecule has 1 aliphatic rings. The lowest BCUT2D eigenvalue weighted by atomic mass is 10.1. The quantitative estimate of drug-likeness (QED) is 0.476. The highest BCUT2D eigenvalue weighted by Crippen LogP contribution is 2.18. The molecule has 1 aromatic heterocycles. The van der Waals surface area contributed by atoms with Gasteiger partial charge in [0.1, 0.15) is 5.82 Å². The number of hydrogen-bond donors (Lipinski definition) is 1. The zero-order valence-corrected chi connectivity index (χ0v) is 14.6. The minimum absolute atomic E-state index is 0.00956. The second-order valence-electron chi connectivity index (χ2n) is 6.40. The van der Waals surface area contributed by atoms with E-state index >= 15 is 0 Å². The molecule has 1 amide bonds. The van der Waals surface area contributed by atoms with E-state index in [0.717, 1.165) is 31.6 Å². The highest BCUT2D eigenvalue weighted by molar-refractivity contribution is 5.94. The Hall–Kier alpha value is -2.97. The fourth-order valence-corrected chi connectivity index (χ4v) is 3.13. The Kier molecular flexibility index (Phi) is 5.15. The minimum Gasteiger partial charge on any atom is -0.352 e. The molecule has 1 N–H and O–H groups in total. The van der Waals surface area contributed by atoms with Gasteiger partial charge in [0.25, 0.3) is 11.6 Å². The van der Waals surface area contributed by atoms with Gasteiger partial charge in [-0.2, -0.15) is 5.10 Å². The van der Waals surface area contributed by atoms with Crippen molar-refractivity contribution in [1.82, 2.24) is 19.7 Å². The summed E-state index contributed by atoms with van der Waals surface area (Å²) < 4.78 is 3.19. The fourth-order valence-electron chi connectivity index (χ4n) is 3.13. The van der Waals surface area contributed by atoms with Gasteiger partial charge >= 0.3 is 5.69 Å². The summed E-state index contributed by atoms with van der Waals surface area (Å²) in [4.78, 5) is 34.7. The van der Waals surface area contributed by atoms with E-state index < -0.39 is 4.92 Å². The molecule has 0 atom stereocenters. The van der Waals surface area contributed by atoms with Gasteiger partial charge in [-0.15, -0.1) is 0 Å². The third-order valence-corrected chi connectivity index (χ3v) is 4.52. The lowest BCUT2D eigenvalue weighted by Gasteiger charge is -2.09. The maximum atomic E-state index is 12.2. The summed E-state index contributed by atoms with van der Waals surface area (Å²) in [5.41, 5.74) is 0.724. The second kappa shape index (κ2) is 7.51. The number of benzene rings is 1. The number of rotatable bonds is 6. The topological polar surface area (TPSA) is 112 Å². The molecule has 2 heterocycles. The average Bonchev–Trinajstić information content (AvgIpc) is 2.94.